The van der Waals surface area contributed by atoms with Gasteiger partial charge in [-0.25, -0.2) is 4.39 Å². The molecule has 0 aliphatic carbocycles. The second-order valence-corrected chi connectivity index (χ2v) is 3.91. The maximum absolute atomic E-state index is 13.7. The molecule has 0 aliphatic rings. The summed E-state index contributed by atoms with van der Waals surface area (Å²) in [6.45, 7) is 0. The molecular weight excluding hydrogens is 255 g/mol. The van der Waals surface area contributed by atoms with E-state index in [2.05, 4.69) is 0 Å². The van der Waals surface area contributed by atoms with Crippen LogP contribution in [0.25, 0.3) is 0 Å². The van der Waals surface area contributed by atoms with Crippen LogP contribution in [-0.4, -0.2) is 7.11 Å². The van der Waals surface area contributed by atoms with Crippen molar-refractivity contribution in [1.29, 1.82) is 0 Å². The zero-order valence-corrected chi connectivity index (χ0v) is 10.6. The molecule has 0 fully saturated rings. The Morgan fingerprint density at radius 3 is 2.33 bits per heavy atom. The van der Waals surface area contributed by atoms with E-state index in [4.69, 9.17) is 21.1 Å². The van der Waals surface area contributed by atoms with E-state index in [0.717, 1.165) is 0 Å². The third kappa shape index (κ3) is 2.74. The van der Waals surface area contributed by atoms with Crippen molar-refractivity contribution in [3.63, 3.8) is 0 Å². The number of hydrogen-bond donors (Lipinski definition) is 0. The van der Waals surface area contributed by atoms with Crippen LogP contribution >= 0.6 is 11.6 Å². The summed E-state index contributed by atoms with van der Waals surface area (Å²) >= 11 is 5.75. The van der Waals surface area contributed by atoms with Crippen molar-refractivity contribution in [2.24, 2.45) is 0 Å². The molecule has 4 heteroatoms. The zero-order valence-electron chi connectivity index (χ0n) is 9.82. The van der Waals surface area contributed by atoms with Crippen molar-refractivity contribution in [3.05, 3.63) is 53.8 Å². The minimum absolute atomic E-state index is 0.165. The Bertz CT molecular complexity index is 526. The number of ether oxygens (including phenoxy) is 2. The number of rotatable bonds is 4. The average Bonchev–Trinajstić information content (AvgIpc) is 2.42. The Kier molecular flexibility index (Phi) is 4.05. The highest BCUT2D eigenvalue weighted by Crippen LogP contribution is 2.30. The molecule has 0 amide bonds. The summed E-state index contributed by atoms with van der Waals surface area (Å²) < 4.78 is 24.2. The first-order valence-electron chi connectivity index (χ1n) is 5.40. The zero-order chi connectivity index (χ0) is 13.0. The van der Waals surface area contributed by atoms with Gasteiger partial charge in [0.15, 0.2) is 11.6 Å². The van der Waals surface area contributed by atoms with Gasteiger partial charge in [-0.05, 0) is 30.3 Å². The quantitative estimate of drug-likeness (QED) is 0.765. The van der Waals surface area contributed by atoms with E-state index in [-0.39, 0.29) is 11.6 Å². The summed E-state index contributed by atoms with van der Waals surface area (Å²) in [5.41, 5.74) is 0.618. The molecule has 94 valence electrons. The summed E-state index contributed by atoms with van der Waals surface area (Å²) in [6.07, 6.45) is 0. The van der Waals surface area contributed by atoms with E-state index in [9.17, 15) is 4.39 Å². The second kappa shape index (κ2) is 5.74. The van der Waals surface area contributed by atoms with Crippen LogP contribution < -0.4 is 9.47 Å². The van der Waals surface area contributed by atoms with Gasteiger partial charge in [-0.15, -0.1) is 11.6 Å². The number of hydrogen-bond acceptors (Lipinski definition) is 2. The molecule has 0 saturated carbocycles. The van der Waals surface area contributed by atoms with E-state index in [0.29, 0.717) is 17.1 Å². The molecule has 0 heterocycles. The summed E-state index contributed by atoms with van der Waals surface area (Å²) in [5, 5.41) is 0. The molecule has 0 aromatic heterocycles. The first kappa shape index (κ1) is 12.7. The van der Waals surface area contributed by atoms with Gasteiger partial charge in [0.25, 0.3) is 0 Å². The molecule has 0 spiro atoms. The average molecular weight is 267 g/mol. The van der Waals surface area contributed by atoms with Crippen molar-refractivity contribution in [3.8, 4) is 17.2 Å². The third-order valence-corrected chi connectivity index (χ3v) is 2.76. The number of benzene rings is 2. The van der Waals surface area contributed by atoms with Crippen molar-refractivity contribution in [2.45, 2.75) is 5.88 Å². The fraction of sp³-hybridized carbons (Fsp3) is 0.143. The summed E-state index contributed by atoms with van der Waals surface area (Å²) in [6, 6.07) is 11.6. The van der Waals surface area contributed by atoms with Crippen LogP contribution in [0, 0.1) is 5.82 Å². The first-order chi connectivity index (χ1) is 8.74. The summed E-state index contributed by atoms with van der Waals surface area (Å²) in [4.78, 5) is 0. The topological polar surface area (TPSA) is 18.5 Å². The number of methoxy groups -OCH3 is 1. The fourth-order valence-corrected chi connectivity index (χ4v) is 1.75. The molecule has 2 aromatic rings. The van der Waals surface area contributed by atoms with E-state index >= 15 is 0 Å². The van der Waals surface area contributed by atoms with Crippen molar-refractivity contribution in [1.82, 2.24) is 0 Å². The van der Waals surface area contributed by atoms with E-state index in [1.165, 1.54) is 6.07 Å². The minimum atomic E-state index is -0.427. The van der Waals surface area contributed by atoms with Crippen molar-refractivity contribution < 1.29 is 13.9 Å². The van der Waals surface area contributed by atoms with Gasteiger partial charge < -0.3 is 9.47 Å². The predicted octanol–water partition coefficient (Wildman–Crippen LogP) is 4.37. The summed E-state index contributed by atoms with van der Waals surface area (Å²) in [5.74, 6) is 1.19. The van der Waals surface area contributed by atoms with Gasteiger partial charge in [-0.2, -0.15) is 0 Å². The molecule has 0 N–H and O–H groups in total. The highest BCUT2D eigenvalue weighted by atomic mass is 35.5. The van der Waals surface area contributed by atoms with Crippen LogP contribution in [0.15, 0.2) is 42.5 Å². The van der Waals surface area contributed by atoms with Crippen LogP contribution in [-0.2, 0) is 5.88 Å². The highest BCUT2D eigenvalue weighted by molar-refractivity contribution is 6.17. The lowest BCUT2D eigenvalue weighted by Crippen LogP contribution is -1.93. The van der Waals surface area contributed by atoms with E-state index in [1.54, 1.807) is 43.5 Å². The molecule has 18 heavy (non-hydrogen) atoms. The fourth-order valence-electron chi connectivity index (χ4n) is 1.53. The standard InChI is InChI=1S/C14H12ClFO2/c1-17-11-5-7-12(8-6-11)18-14-10(9-15)3-2-4-13(14)16/h2-8H,9H2,1H3. The lowest BCUT2D eigenvalue weighted by Gasteiger charge is -2.10. The molecule has 0 unspecified atom stereocenters. The molecular formula is C14H12ClFO2. The molecule has 2 aromatic carbocycles. The van der Waals surface area contributed by atoms with E-state index < -0.39 is 5.82 Å². The predicted molar refractivity (Wildman–Crippen MR) is 69.0 cm³/mol. The Labute approximate surface area is 110 Å². The van der Waals surface area contributed by atoms with Gasteiger partial charge in [0.2, 0.25) is 0 Å². The van der Waals surface area contributed by atoms with Crippen LogP contribution in [0.5, 0.6) is 17.2 Å². The van der Waals surface area contributed by atoms with Gasteiger partial charge in [0.05, 0.1) is 13.0 Å². The molecule has 0 aliphatic heterocycles. The third-order valence-electron chi connectivity index (χ3n) is 2.47. The maximum Gasteiger partial charge on any atom is 0.167 e. The number of para-hydroxylation sites is 1. The molecule has 0 atom stereocenters. The largest absolute Gasteiger partial charge is 0.497 e. The van der Waals surface area contributed by atoms with Crippen LogP contribution in [0.2, 0.25) is 0 Å². The smallest absolute Gasteiger partial charge is 0.167 e. The number of halogens is 2. The maximum atomic E-state index is 13.7. The lowest BCUT2D eigenvalue weighted by molar-refractivity contribution is 0.410. The van der Waals surface area contributed by atoms with E-state index in [1.807, 2.05) is 0 Å². The van der Waals surface area contributed by atoms with Gasteiger partial charge in [-0.3, -0.25) is 0 Å². The van der Waals surface area contributed by atoms with Crippen LogP contribution in [0.1, 0.15) is 5.56 Å². The summed E-state index contributed by atoms with van der Waals surface area (Å²) in [7, 11) is 1.58. The molecule has 0 saturated heterocycles. The normalized spacial score (nSPS) is 10.2. The molecule has 0 bridgehead atoms. The van der Waals surface area contributed by atoms with Crippen LogP contribution in [0.4, 0.5) is 4.39 Å². The second-order valence-electron chi connectivity index (χ2n) is 3.64. The van der Waals surface area contributed by atoms with Crippen LogP contribution in [0.3, 0.4) is 0 Å². The molecule has 0 radical (unpaired) electrons. The Morgan fingerprint density at radius 2 is 1.72 bits per heavy atom. The highest BCUT2D eigenvalue weighted by Gasteiger charge is 2.10. The minimum Gasteiger partial charge on any atom is -0.497 e. The monoisotopic (exact) mass is 266 g/mol. The van der Waals surface area contributed by atoms with Gasteiger partial charge in [0, 0.05) is 5.56 Å². The van der Waals surface area contributed by atoms with Gasteiger partial charge in [0.1, 0.15) is 11.5 Å². The molecule has 2 nitrogen and oxygen atoms in total. The van der Waals surface area contributed by atoms with Gasteiger partial charge in [-0.1, -0.05) is 12.1 Å². The SMILES string of the molecule is COc1ccc(Oc2c(F)cccc2CCl)cc1. The molecule has 2 rings (SSSR count). The lowest BCUT2D eigenvalue weighted by atomic mass is 10.2. The van der Waals surface area contributed by atoms with Gasteiger partial charge >= 0.3 is 0 Å². The number of alkyl halides is 1. The van der Waals surface area contributed by atoms with Crippen molar-refractivity contribution >= 4 is 11.6 Å². The van der Waals surface area contributed by atoms with Crippen molar-refractivity contribution in [2.75, 3.05) is 7.11 Å². The Balaban J connectivity index is 2.27. The first-order valence-corrected chi connectivity index (χ1v) is 5.93. The Hall–Kier alpha value is -1.74. The Morgan fingerprint density at radius 1 is 1.06 bits per heavy atom.